The SMILES string of the molecule is COc1cc(-c2noc(COC(=O)C(C)NC(=O)c3ccccc3Cl)n2)ccc1OC(F)F. The molecule has 3 aromatic rings. The van der Waals surface area contributed by atoms with Gasteiger partial charge in [0.25, 0.3) is 11.8 Å². The second-order valence-electron chi connectivity index (χ2n) is 6.54. The van der Waals surface area contributed by atoms with Crippen LogP contribution in [0.25, 0.3) is 11.4 Å². The van der Waals surface area contributed by atoms with E-state index < -0.39 is 24.5 Å². The maximum Gasteiger partial charge on any atom is 0.387 e. The Morgan fingerprint density at radius 1 is 1.18 bits per heavy atom. The molecule has 0 aliphatic rings. The number of esters is 1. The lowest BCUT2D eigenvalue weighted by Crippen LogP contribution is -2.39. The number of rotatable bonds is 9. The second kappa shape index (κ2) is 10.7. The number of carbonyl (C=O) groups excluding carboxylic acids is 2. The van der Waals surface area contributed by atoms with Crippen molar-refractivity contribution in [2.24, 2.45) is 0 Å². The van der Waals surface area contributed by atoms with E-state index in [1.807, 2.05) is 0 Å². The quantitative estimate of drug-likeness (QED) is 0.458. The van der Waals surface area contributed by atoms with E-state index in [0.29, 0.717) is 5.56 Å². The third-order valence-electron chi connectivity index (χ3n) is 4.26. The maximum absolute atomic E-state index is 12.5. The lowest BCUT2D eigenvalue weighted by Gasteiger charge is -2.13. The maximum atomic E-state index is 12.5. The lowest BCUT2D eigenvalue weighted by atomic mass is 10.2. The Hall–Kier alpha value is -3.73. The molecular formula is C21H18ClF2N3O6. The summed E-state index contributed by atoms with van der Waals surface area (Å²) in [5.41, 5.74) is 0.621. The Morgan fingerprint density at radius 3 is 2.64 bits per heavy atom. The number of hydrogen-bond donors (Lipinski definition) is 1. The Morgan fingerprint density at radius 2 is 1.94 bits per heavy atom. The number of carbonyl (C=O) groups is 2. The molecule has 1 unspecified atom stereocenters. The summed E-state index contributed by atoms with van der Waals surface area (Å²) in [6.45, 7) is -1.90. The molecule has 1 atom stereocenters. The zero-order valence-corrected chi connectivity index (χ0v) is 18.1. The van der Waals surface area contributed by atoms with Crippen LogP contribution in [0.4, 0.5) is 8.78 Å². The van der Waals surface area contributed by atoms with Gasteiger partial charge < -0.3 is 24.1 Å². The van der Waals surface area contributed by atoms with E-state index in [0.717, 1.165) is 0 Å². The summed E-state index contributed by atoms with van der Waals surface area (Å²) in [6, 6.07) is 9.54. The van der Waals surface area contributed by atoms with Gasteiger partial charge in [-0.3, -0.25) is 4.79 Å². The van der Waals surface area contributed by atoms with Crippen molar-refractivity contribution < 1.29 is 37.1 Å². The molecule has 0 radical (unpaired) electrons. The average Bonchev–Trinajstić information content (AvgIpc) is 3.26. The van der Waals surface area contributed by atoms with Crippen LogP contribution in [0.2, 0.25) is 5.02 Å². The van der Waals surface area contributed by atoms with Gasteiger partial charge >= 0.3 is 12.6 Å². The predicted molar refractivity (Wildman–Crippen MR) is 111 cm³/mol. The number of ether oxygens (including phenoxy) is 3. The van der Waals surface area contributed by atoms with Crippen molar-refractivity contribution in [3.8, 4) is 22.9 Å². The van der Waals surface area contributed by atoms with Crippen LogP contribution in [0.15, 0.2) is 47.0 Å². The van der Waals surface area contributed by atoms with Gasteiger partial charge in [-0.1, -0.05) is 28.9 Å². The molecule has 1 N–H and O–H groups in total. The van der Waals surface area contributed by atoms with Gasteiger partial charge in [-0.15, -0.1) is 0 Å². The van der Waals surface area contributed by atoms with E-state index in [4.69, 9.17) is 25.6 Å². The van der Waals surface area contributed by atoms with Gasteiger partial charge in [0.1, 0.15) is 6.04 Å². The van der Waals surface area contributed by atoms with E-state index in [2.05, 4.69) is 20.2 Å². The molecule has 2 aromatic carbocycles. The molecule has 0 aliphatic heterocycles. The normalized spacial score (nSPS) is 11.7. The minimum absolute atomic E-state index is 0.0187. The number of amides is 1. The summed E-state index contributed by atoms with van der Waals surface area (Å²) in [4.78, 5) is 28.5. The summed E-state index contributed by atoms with van der Waals surface area (Å²) in [5, 5.41) is 6.51. The van der Waals surface area contributed by atoms with Crippen molar-refractivity contribution in [3.05, 3.63) is 58.9 Å². The van der Waals surface area contributed by atoms with Gasteiger partial charge in [-0.2, -0.15) is 13.8 Å². The summed E-state index contributed by atoms with van der Waals surface area (Å²) in [5.74, 6) is -1.27. The highest BCUT2D eigenvalue weighted by Gasteiger charge is 2.21. The standard InChI is InChI=1S/C21H18ClF2N3O6/c1-11(25-19(28)13-5-3-4-6-14(13)22)20(29)31-10-17-26-18(27-33-17)12-7-8-15(32-21(23)24)16(9-12)30-2/h3-9,11,21H,10H2,1-2H3,(H,25,28). The number of nitrogens with one attached hydrogen (secondary N) is 1. The third kappa shape index (κ3) is 6.16. The van der Waals surface area contributed by atoms with E-state index in [1.165, 1.54) is 38.3 Å². The van der Waals surface area contributed by atoms with Crippen LogP contribution in [0, 0.1) is 0 Å². The lowest BCUT2D eigenvalue weighted by molar-refractivity contribution is -0.147. The van der Waals surface area contributed by atoms with Crippen LogP contribution in [0.1, 0.15) is 23.2 Å². The van der Waals surface area contributed by atoms with Gasteiger partial charge in [0.2, 0.25) is 5.82 Å². The van der Waals surface area contributed by atoms with E-state index in [1.54, 1.807) is 18.2 Å². The van der Waals surface area contributed by atoms with Gasteiger partial charge in [0.05, 0.1) is 17.7 Å². The van der Waals surface area contributed by atoms with Crippen molar-refractivity contribution >= 4 is 23.5 Å². The largest absolute Gasteiger partial charge is 0.493 e. The first-order valence-corrected chi connectivity index (χ1v) is 9.84. The number of hydrogen-bond acceptors (Lipinski definition) is 8. The minimum atomic E-state index is -3.01. The molecule has 3 rings (SSSR count). The summed E-state index contributed by atoms with van der Waals surface area (Å²) >= 11 is 5.97. The molecule has 174 valence electrons. The topological polar surface area (TPSA) is 113 Å². The summed E-state index contributed by atoms with van der Waals surface area (Å²) < 4.78 is 44.5. The minimum Gasteiger partial charge on any atom is -0.493 e. The molecular weight excluding hydrogens is 464 g/mol. The van der Waals surface area contributed by atoms with E-state index in [-0.39, 0.29) is 40.4 Å². The Bertz CT molecular complexity index is 1140. The van der Waals surface area contributed by atoms with Crippen LogP contribution in [0.5, 0.6) is 11.5 Å². The van der Waals surface area contributed by atoms with E-state index >= 15 is 0 Å². The third-order valence-corrected chi connectivity index (χ3v) is 4.59. The smallest absolute Gasteiger partial charge is 0.387 e. The highest BCUT2D eigenvalue weighted by Crippen LogP contribution is 2.32. The van der Waals surface area contributed by atoms with Crippen molar-refractivity contribution in [2.75, 3.05) is 7.11 Å². The predicted octanol–water partition coefficient (Wildman–Crippen LogP) is 3.86. The molecule has 0 saturated heterocycles. The number of methoxy groups -OCH3 is 1. The van der Waals surface area contributed by atoms with Gasteiger partial charge in [-0.25, -0.2) is 4.79 Å². The number of aromatic nitrogens is 2. The molecule has 0 aliphatic carbocycles. The van der Waals surface area contributed by atoms with Crippen LogP contribution in [-0.2, 0) is 16.1 Å². The van der Waals surface area contributed by atoms with Crippen LogP contribution >= 0.6 is 11.6 Å². The van der Waals surface area contributed by atoms with Gasteiger partial charge in [0, 0.05) is 5.56 Å². The fourth-order valence-corrected chi connectivity index (χ4v) is 2.89. The Kier molecular flexibility index (Phi) is 7.78. The zero-order chi connectivity index (χ0) is 24.0. The summed E-state index contributed by atoms with van der Waals surface area (Å²) in [6.07, 6.45) is 0. The highest BCUT2D eigenvalue weighted by atomic mass is 35.5. The molecule has 0 bridgehead atoms. The Labute approximate surface area is 191 Å². The molecule has 0 saturated carbocycles. The fourth-order valence-electron chi connectivity index (χ4n) is 2.67. The number of benzene rings is 2. The van der Waals surface area contributed by atoms with Crippen LogP contribution in [0.3, 0.4) is 0 Å². The van der Waals surface area contributed by atoms with Crippen LogP contribution in [-0.4, -0.2) is 41.8 Å². The molecule has 9 nitrogen and oxygen atoms in total. The molecule has 0 fully saturated rings. The number of halogens is 3. The molecule has 1 aromatic heterocycles. The fraction of sp³-hybridized carbons (Fsp3) is 0.238. The monoisotopic (exact) mass is 481 g/mol. The highest BCUT2D eigenvalue weighted by molar-refractivity contribution is 6.33. The van der Waals surface area contributed by atoms with Gasteiger partial charge in [0.15, 0.2) is 18.1 Å². The summed E-state index contributed by atoms with van der Waals surface area (Å²) in [7, 11) is 1.30. The first-order valence-electron chi connectivity index (χ1n) is 9.46. The second-order valence-corrected chi connectivity index (χ2v) is 6.95. The van der Waals surface area contributed by atoms with Crippen molar-refractivity contribution in [1.29, 1.82) is 0 Å². The molecule has 0 spiro atoms. The van der Waals surface area contributed by atoms with Crippen molar-refractivity contribution in [3.63, 3.8) is 0 Å². The first kappa shape index (κ1) is 23.9. The van der Waals surface area contributed by atoms with Gasteiger partial charge in [-0.05, 0) is 37.3 Å². The number of nitrogens with zero attached hydrogens (tertiary/aromatic N) is 2. The first-order chi connectivity index (χ1) is 15.8. The average molecular weight is 482 g/mol. The number of alkyl halides is 2. The zero-order valence-electron chi connectivity index (χ0n) is 17.4. The van der Waals surface area contributed by atoms with E-state index in [9.17, 15) is 18.4 Å². The van der Waals surface area contributed by atoms with Crippen LogP contribution < -0.4 is 14.8 Å². The van der Waals surface area contributed by atoms with Crippen molar-refractivity contribution in [1.82, 2.24) is 15.5 Å². The molecule has 12 heteroatoms. The molecule has 1 amide bonds. The molecule has 1 heterocycles. The molecule has 33 heavy (non-hydrogen) atoms. The Balaban J connectivity index is 1.59. The van der Waals surface area contributed by atoms with Crippen molar-refractivity contribution in [2.45, 2.75) is 26.2 Å².